The van der Waals surface area contributed by atoms with Crippen molar-refractivity contribution in [1.29, 1.82) is 0 Å². The van der Waals surface area contributed by atoms with Crippen LogP contribution in [-0.2, 0) is 35.3 Å². The standard InChI is InChI=1S/C62H116N2O4/c1-5-9-13-17-21-25-29-33-37-41-49-63(50-42-38-34-30-26-22-18-14-10-6-2)53-47-57-45-46-58(55-61(65)66)59(60(57)56-62(67)68)48-54-64(51-43-39-35-31-27-23-19-15-11-7-3)52-44-40-36-32-28-24-20-16-12-8-4/h45-46H,5-44,47-56H2,1-4H3,(H,65,66)(H,67,68). The molecule has 0 atom stereocenters. The Kier molecular flexibility index (Phi) is 45.9. The van der Waals surface area contributed by atoms with Crippen molar-refractivity contribution >= 4 is 11.9 Å². The normalized spacial score (nSPS) is 11.7. The van der Waals surface area contributed by atoms with Crippen LogP contribution in [0.1, 0.15) is 307 Å². The highest BCUT2D eigenvalue weighted by molar-refractivity contribution is 5.74. The summed E-state index contributed by atoms with van der Waals surface area (Å²) in [5.74, 6) is -1.66. The largest absolute Gasteiger partial charge is 0.481 e. The average Bonchev–Trinajstić information content (AvgIpc) is 3.32. The van der Waals surface area contributed by atoms with Crippen molar-refractivity contribution in [1.82, 2.24) is 9.80 Å². The van der Waals surface area contributed by atoms with E-state index in [1.165, 1.54) is 257 Å². The third-order valence-corrected chi connectivity index (χ3v) is 15.0. The highest BCUT2D eigenvalue weighted by Gasteiger charge is 2.20. The summed E-state index contributed by atoms with van der Waals surface area (Å²) in [6.45, 7) is 15.3. The second-order valence-corrected chi connectivity index (χ2v) is 21.4. The maximum atomic E-state index is 12.6. The predicted octanol–water partition coefficient (Wildman–Crippen LogP) is 18.3. The van der Waals surface area contributed by atoms with Gasteiger partial charge in [-0.05, 0) is 87.0 Å². The fraction of sp³-hybridized carbons (Fsp3) is 0.871. The number of carboxylic acid groups (broad SMARTS) is 2. The van der Waals surface area contributed by atoms with E-state index in [1.54, 1.807) is 0 Å². The van der Waals surface area contributed by atoms with E-state index in [0.717, 1.165) is 74.4 Å². The molecule has 68 heavy (non-hydrogen) atoms. The maximum absolute atomic E-state index is 12.6. The molecule has 6 heteroatoms. The highest BCUT2D eigenvalue weighted by atomic mass is 16.4. The molecule has 0 aliphatic rings. The van der Waals surface area contributed by atoms with Gasteiger partial charge in [-0.15, -0.1) is 0 Å². The van der Waals surface area contributed by atoms with Gasteiger partial charge >= 0.3 is 11.9 Å². The van der Waals surface area contributed by atoms with Crippen LogP contribution in [0.15, 0.2) is 12.1 Å². The minimum absolute atomic E-state index is 0.0358. The summed E-state index contributed by atoms with van der Waals surface area (Å²) in [6.07, 6.45) is 54.8. The predicted molar refractivity (Wildman–Crippen MR) is 297 cm³/mol. The Morgan fingerprint density at radius 3 is 0.838 bits per heavy atom. The minimum Gasteiger partial charge on any atom is -0.481 e. The lowest BCUT2D eigenvalue weighted by Gasteiger charge is -2.26. The Balaban J connectivity index is 3.08. The fourth-order valence-electron chi connectivity index (χ4n) is 10.5. The third-order valence-electron chi connectivity index (χ3n) is 15.0. The molecule has 0 bridgehead atoms. The Bertz CT molecular complexity index is 1220. The van der Waals surface area contributed by atoms with E-state index in [-0.39, 0.29) is 12.8 Å². The molecule has 0 aliphatic heterocycles. The molecule has 6 nitrogen and oxygen atoms in total. The first-order chi connectivity index (χ1) is 33.4. The SMILES string of the molecule is CCCCCCCCCCCCN(CCCCCCCCCCCC)CCc1ccc(CC(=O)O)c(CCN(CCCCCCCCCCCC)CCCCCCCCCCCC)c1CC(=O)O. The molecule has 0 unspecified atom stereocenters. The van der Waals surface area contributed by atoms with Gasteiger partial charge < -0.3 is 20.0 Å². The van der Waals surface area contributed by atoms with Crippen LogP contribution >= 0.6 is 0 Å². The first-order valence-corrected chi connectivity index (χ1v) is 30.4. The van der Waals surface area contributed by atoms with Crippen molar-refractivity contribution in [2.75, 3.05) is 39.3 Å². The number of benzene rings is 1. The van der Waals surface area contributed by atoms with Gasteiger partial charge in [0, 0.05) is 13.1 Å². The number of unbranched alkanes of at least 4 members (excludes halogenated alkanes) is 36. The van der Waals surface area contributed by atoms with Crippen LogP contribution in [0.25, 0.3) is 0 Å². The van der Waals surface area contributed by atoms with Gasteiger partial charge in [0.25, 0.3) is 0 Å². The van der Waals surface area contributed by atoms with Crippen LogP contribution in [0.2, 0.25) is 0 Å². The van der Waals surface area contributed by atoms with Crippen molar-refractivity contribution < 1.29 is 19.8 Å². The lowest BCUT2D eigenvalue weighted by molar-refractivity contribution is -0.137. The van der Waals surface area contributed by atoms with Crippen LogP contribution in [0.4, 0.5) is 0 Å². The van der Waals surface area contributed by atoms with Crippen LogP contribution in [0.5, 0.6) is 0 Å². The van der Waals surface area contributed by atoms with E-state index in [0.29, 0.717) is 0 Å². The average molecular weight is 954 g/mol. The molecular weight excluding hydrogens is 837 g/mol. The number of carboxylic acids is 2. The number of carbonyl (C=O) groups is 2. The quantitative estimate of drug-likeness (QED) is 0.0633. The maximum Gasteiger partial charge on any atom is 0.307 e. The summed E-state index contributed by atoms with van der Waals surface area (Å²) in [4.78, 5) is 30.2. The van der Waals surface area contributed by atoms with Crippen molar-refractivity contribution in [3.8, 4) is 0 Å². The van der Waals surface area contributed by atoms with E-state index in [1.807, 2.05) is 6.07 Å². The molecular formula is C62H116N2O4. The molecule has 398 valence electrons. The van der Waals surface area contributed by atoms with E-state index < -0.39 is 11.9 Å². The van der Waals surface area contributed by atoms with Gasteiger partial charge in [0.05, 0.1) is 12.8 Å². The van der Waals surface area contributed by atoms with Gasteiger partial charge in [0.15, 0.2) is 0 Å². The molecule has 0 radical (unpaired) electrons. The van der Waals surface area contributed by atoms with Gasteiger partial charge in [0.1, 0.15) is 0 Å². The molecule has 2 N–H and O–H groups in total. The number of rotatable bonds is 54. The van der Waals surface area contributed by atoms with E-state index >= 15 is 0 Å². The molecule has 0 fully saturated rings. The summed E-state index contributed by atoms with van der Waals surface area (Å²) in [5, 5.41) is 20.4. The van der Waals surface area contributed by atoms with Crippen LogP contribution in [-0.4, -0.2) is 71.2 Å². The van der Waals surface area contributed by atoms with Crippen LogP contribution in [0, 0.1) is 0 Å². The zero-order valence-electron chi connectivity index (χ0n) is 46.1. The topological polar surface area (TPSA) is 81.1 Å². The van der Waals surface area contributed by atoms with Gasteiger partial charge in [-0.3, -0.25) is 9.59 Å². The van der Waals surface area contributed by atoms with Crippen LogP contribution < -0.4 is 0 Å². The lowest BCUT2D eigenvalue weighted by atomic mass is 9.89. The number of aliphatic carboxylic acids is 2. The summed E-state index contributed by atoms with van der Waals surface area (Å²) in [6, 6.07) is 4.12. The van der Waals surface area contributed by atoms with Gasteiger partial charge in [0.2, 0.25) is 0 Å². The molecule has 1 rings (SSSR count). The molecule has 1 aromatic rings. The zero-order chi connectivity index (χ0) is 49.4. The summed E-state index contributed by atoms with van der Waals surface area (Å²) >= 11 is 0. The van der Waals surface area contributed by atoms with E-state index in [2.05, 4.69) is 43.6 Å². The smallest absolute Gasteiger partial charge is 0.307 e. The molecule has 0 saturated heterocycles. The van der Waals surface area contributed by atoms with Crippen molar-refractivity contribution in [2.45, 2.75) is 310 Å². The third kappa shape index (κ3) is 38.8. The molecule has 0 aromatic heterocycles. The Hall–Kier alpha value is -1.92. The first kappa shape index (κ1) is 64.1. The summed E-state index contributed by atoms with van der Waals surface area (Å²) in [5.41, 5.74) is 3.82. The van der Waals surface area contributed by atoms with Crippen molar-refractivity contribution in [3.63, 3.8) is 0 Å². The van der Waals surface area contributed by atoms with E-state index in [4.69, 9.17) is 0 Å². The summed E-state index contributed by atoms with van der Waals surface area (Å²) < 4.78 is 0. The Morgan fingerprint density at radius 2 is 0.559 bits per heavy atom. The first-order valence-electron chi connectivity index (χ1n) is 30.4. The summed E-state index contributed by atoms with van der Waals surface area (Å²) in [7, 11) is 0. The van der Waals surface area contributed by atoms with Gasteiger partial charge in [-0.25, -0.2) is 0 Å². The molecule has 0 aliphatic carbocycles. The van der Waals surface area contributed by atoms with E-state index in [9.17, 15) is 19.8 Å². The van der Waals surface area contributed by atoms with Gasteiger partial charge in [-0.2, -0.15) is 0 Å². The highest BCUT2D eigenvalue weighted by Crippen LogP contribution is 2.25. The molecule has 0 amide bonds. The molecule has 0 heterocycles. The monoisotopic (exact) mass is 953 g/mol. The fourth-order valence-corrected chi connectivity index (χ4v) is 10.5. The lowest BCUT2D eigenvalue weighted by Crippen LogP contribution is -2.30. The van der Waals surface area contributed by atoms with Crippen molar-refractivity contribution in [2.24, 2.45) is 0 Å². The van der Waals surface area contributed by atoms with Crippen LogP contribution in [0.3, 0.4) is 0 Å². The number of hydrogen-bond donors (Lipinski definition) is 2. The molecule has 1 aromatic carbocycles. The second-order valence-electron chi connectivity index (χ2n) is 21.4. The number of nitrogens with zero attached hydrogens (tertiary/aromatic N) is 2. The Morgan fingerprint density at radius 1 is 0.309 bits per heavy atom. The molecule has 0 saturated carbocycles. The minimum atomic E-state index is -0.841. The Labute approximate surface area is 423 Å². The zero-order valence-corrected chi connectivity index (χ0v) is 46.1. The van der Waals surface area contributed by atoms with Gasteiger partial charge in [-0.1, -0.05) is 271 Å². The second kappa shape index (κ2) is 48.7. The molecule has 0 spiro atoms. The van der Waals surface area contributed by atoms with Crippen molar-refractivity contribution in [3.05, 3.63) is 34.4 Å². The number of hydrogen-bond acceptors (Lipinski definition) is 4.